The van der Waals surface area contributed by atoms with Crippen LogP contribution in [0.25, 0.3) is 20.5 Å². The summed E-state index contributed by atoms with van der Waals surface area (Å²) in [6.45, 7) is 6.42. The molecule has 2 nitrogen and oxygen atoms in total. The van der Waals surface area contributed by atoms with Crippen molar-refractivity contribution >= 4 is 21.4 Å². The van der Waals surface area contributed by atoms with E-state index in [2.05, 4.69) is 60.4 Å². The zero-order valence-corrected chi connectivity index (χ0v) is 14.9. The van der Waals surface area contributed by atoms with Crippen molar-refractivity contribution in [3.63, 3.8) is 0 Å². The van der Waals surface area contributed by atoms with Crippen LogP contribution >= 0.6 is 11.3 Å². The third kappa shape index (κ3) is 3.47. The van der Waals surface area contributed by atoms with Crippen LogP contribution in [0.1, 0.15) is 18.4 Å². The average molecular weight is 337 g/mol. The molecule has 1 aliphatic heterocycles. The van der Waals surface area contributed by atoms with Crippen LogP contribution in [0.4, 0.5) is 0 Å². The molecule has 0 radical (unpaired) electrons. The lowest BCUT2D eigenvalue weighted by molar-refractivity contribution is 0.238. The summed E-state index contributed by atoms with van der Waals surface area (Å²) < 4.78 is 7.24. The minimum atomic E-state index is 0.779. The van der Waals surface area contributed by atoms with E-state index in [1.165, 1.54) is 52.0 Å². The summed E-state index contributed by atoms with van der Waals surface area (Å²) >= 11 is 1.85. The molecule has 1 aliphatic rings. The second kappa shape index (κ2) is 6.96. The molecule has 0 bridgehead atoms. The summed E-state index contributed by atoms with van der Waals surface area (Å²) in [5.41, 5.74) is 2.58. The normalized spacial score (nSPS) is 15.2. The number of benzene rings is 2. The molecule has 0 atom stereocenters. The lowest BCUT2D eigenvalue weighted by Crippen LogP contribution is -2.25. The molecule has 0 amide bonds. The Hall–Kier alpha value is -1.84. The largest absolute Gasteiger partial charge is 0.492 e. The number of hydrogen-bond donors (Lipinski definition) is 0. The third-order valence-corrected chi connectivity index (χ3v) is 5.85. The van der Waals surface area contributed by atoms with Crippen LogP contribution in [0.15, 0.2) is 48.5 Å². The van der Waals surface area contributed by atoms with Gasteiger partial charge in [0.2, 0.25) is 0 Å². The van der Waals surface area contributed by atoms with Crippen LogP contribution in [-0.4, -0.2) is 31.1 Å². The highest BCUT2D eigenvalue weighted by atomic mass is 32.1. The summed E-state index contributed by atoms with van der Waals surface area (Å²) in [5.74, 6) is 0.968. The molecule has 2 heterocycles. The summed E-state index contributed by atoms with van der Waals surface area (Å²) in [6, 6.07) is 17.5. The Bertz CT molecular complexity index is 815. The van der Waals surface area contributed by atoms with Crippen LogP contribution in [0.5, 0.6) is 5.75 Å². The summed E-state index contributed by atoms with van der Waals surface area (Å²) in [5, 5.41) is 1.33. The first kappa shape index (κ1) is 15.7. The van der Waals surface area contributed by atoms with Crippen LogP contribution in [-0.2, 0) is 0 Å². The fraction of sp³-hybridized carbons (Fsp3) is 0.333. The first-order valence-electron chi connectivity index (χ1n) is 8.74. The van der Waals surface area contributed by atoms with Gasteiger partial charge in [-0.05, 0) is 80.2 Å². The van der Waals surface area contributed by atoms with E-state index in [1.807, 2.05) is 11.3 Å². The first-order valence-corrected chi connectivity index (χ1v) is 9.55. The highest BCUT2D eigenvalue weighted by molar-refractivity contribution is 7.22. The number of rotatable bonds is 5. The van der Waals surface area contributed by atoms with Gasteiger partial charge in [0.05, 0.1) is 0 Å². The van der Waals surface area contributed by atoms with Gasteiger partial charge in [0.1, 0.15) is 12.4 Å². The molecule has 2 aromatic carbocycles. The van der Waals surface area contributed by atoms with E-state index in [0.29, 0.717) is 0 Å². The number of aryl methyl sites for hydroxylation is 1. The zero-order valence-electron chi connectivity index (χ0n) is 14.1. The van der Waals surface area contributed by atoms with Crippen molar-refractivity contribution in [1.82, 2.24) is 4.90 Å². The number of likely N-dealkylation sites (tertiary alicyclic amines) is 1. The van der Waals surface area contributed by atoms with E-state index in [9.17, 15) is 0 Å². The molecule has 0 aliphatic carbocycles. The molecule has 0 saturated carbocycles. The Morgan fingerprint density at radius 2 is 1.79 bits per heavy atom. The Morgan fingerprint density at radius 1 is 1.00 bits per heavy atom. The van der Waals surface area contributed by atoms with Gasteiger partial charge in [0, 0.05) is 16.1 Å². The Morgan fingerprint density at radius 3 is 2.58 bits per heavy atom. The Balaban J connectivity index is 1.42. The van der Waals surface area contributed by atoms with E-state index >= 15 is 0 Å². The van der Waals surface area contributed by atoms with E-state index < -0.39 is 0 Å². The summed E-state index contributed by atoms with van der Waals surface area (Å²) in [7, 11) is 0. The number of fused-ring (bicyclic) bond motifs is 1. The predicted octanol–water partition coefficient (Wildman–Crippen LogP) is 5.35. The second-order valence-corrected chi connectivity index (χ2v) is 7.66. The van der Waals surface area contributed by atoms with Crippen molar-refractivity contribution in [2.45, 2.75) is 19.8 Å². The fourth-order valence-corrected chi connectivity index (χ4v) is 4.37. The Kier molecular flexibility index (Phi) is 4.54. The number of hydrogen-bond acceptors (Lipinski definition) is 3. The van der Waals surface area contributed by atoms with Gasteiger partial charge in [0.25, 0.3) is 0 Å². The molecule has 1 saturated heterocycles. The molecule has 0 spiro atoms. The fourth-order valence-electron chi connectivity index (χ4n) is 3.32. The van der Waals surface area contributed by atoms with Crippen LogP contribution in [0.3, 0.4) is 0 Å². The maximum absolute atomic E-state index is 5.90. The van der Waals surface area contributed by atoms with Crippen LogP contribution in [0.2, 0.25) is 0 Å². The van der Waals surface area contributed by atoms with Gasteiger partial charge in [-0.15, -0.1) is 11.3 Å². The highest BCUT2D eigenvalue weighted by Gasteiger charge is 2.11. The third-order valence-electron chi connectivity index (χ3n) is 4.69. The maximum atomic E-state index is 5.90. The van der Waals surface area contributed by atoms with Crippen molar-refractivity contribution in [2.75, 3.05) is 26.2 Å². The standard InChI is InChI=1S/C21H23NOS/c1-16-4-9-20-18(14-16)15-21(24-20)17-5-7-19(8-6-17)23-13-12-22-10-2-3-11-22/h4-9,14-15H,2-3,10-13H2,1H3. The minimum Gasteiger partial charge on any atom is -0.492 e. The van der Waals surface area contributed by atoms with Crippen molar-refractivity contribution in [2.24, 2.45) is 0 Å². The van der Waals surface area contributed by atoms with Gasteiger partial charge in [-0.3, -0.25) is 4.90 Å². The van der Waals surface area contributed by atoms with Crippen molar-refractivity contribution in [3.05, 3.63) is 54.1 Å². The smallest absolute Gasteiger partial charge is 0.119 e. The minimum absolute atomic E-state index is 0.779. The zero-order chi connectivity index (χ0) is 16.4. The van der Waals surface area contributed by atoms with Crippen molar-refractivity contribution in [1.29, 1.82) is 0 Å². The van der Waals surface area contributed by atoms with E-state index in [0.717, 1.165) is 18.9 Å². The SMILES string of the molecule is Cc1ccc2sc(-c3ccc(OCCN4CCCC4)cc3)cc2c1. The van der Waals surface area contributed by atoms with Crippen molar-refractivity contribution in [3.8, 4) is 16.2 Å². The van der Waals surface area contributed by atoms with Gasteiger partial charge in [0.15, 0.2) is 0 Å². The average Bonchev–Trinajstić information content (AvgIpc) is 3.24. The van der Waals surface area contributed by atoms with Crippen molar-refractivity contribution < 1.29 is 4.74 Å². The Labute approximate surface area is 147 Å². The van der Waals surface area contributed by atoms with E-state index in [1.54, 1.807) is 0 Å². The maximum Gasteiger partial charge on any atom is 0.119 e. The van der Waals surface area contributed by atoms with E-state index in [-0.39, 0.29) is 0 Å². The molecule has 3 aromatic rings. The second-order valence-electron chi connectivity index (χ2n) is 6.57. The van der Waals surface area contributed by atoms with Gasteiger partial charge in [-0.25, -0.2) is 0 Å². The number of ether oxygens (including phenoxy) is 1. The molecular weight excluding hydrogens is 314 g/mol. The lowest BCUT2D eigenvalue weighted by atomic mass is 10.1. The van der Waals surface area contributed by atoms with Gasteiger partial charge < -0.3 is 4.74 Å². The van der Waals surface area contributed by atoms with E-state index in [4.69, 9.17) is 4.74 Å². The molecule has 1 aromatic heterocycles. The molecule has 0 N–H and O–H groups in total. The monoisotopic (exact) mass is 337 g/mol. The highest BCUT2D eigenvalue weighted by Crippen LogP contribution is 2.34. The molecule has 0 unspecified atom stereocenters. The van der Waals surface area contributed by atoms with Gasteiger partial charge >= 0.3 is 0 Å². The molecule has 3 heteroatoms. The van der Waals surface area contributed by atoms with Gasteiger partial charge in [-0.1, -0.05) is 17.7 Å². The first-order chi connectivity index (χ1) is 11.8. The molecule has 24 heavy (non-hydrogen) atoms. The molecule has 1 fully saturated rings. The topological polar surface area (TPSA) is 12.5 Å². The number of nitrogens with zero attached hydrogens (tertiary/aromatic N) is 1. The molecular formula is C21H23NOS. The van der Waals surface area contributed by atoms with Gasteiger partial charge in [-0.2, -0.15) is 0 Å². The predicted molar refractivity (Wildman–Crippen MR) is 103 cm³/mol. The summed E-state index contributed by atoms with van der Waals surface area (Å²) in [4.78, 5) is 3.80. The molecule has 4 rings (SSSR count). The molecule has 124 valence electrons. The number of thiophene rings is 1. The van der Waals surface area contributed by atoms with Crippen LogP contribution < -0.4 is 4.74 Å². The lowest BCUT2D eigenvalue weighted by Gasteiger charge is -2.14. The summed E-state index contributed by atoms with van der Waals surface area (Å²) in [6.07, 6.45) is 2.67. The van der Waals surface area contributed by atoms with Crippen LogP contribution in [0, 0.1) is 6.92 Å². The quantitative estimate of drug-likeness (QED) is 0.622.